The van der Waals surface area contributed by atoms with E-state index < -0.39 is 10.0 Å². The molecule has 0 radical (unpaired) electrons. The first-order valence-corrected chi connectivity index (χ1v) is 13.2. The first kappa shape index (κ1) is 41.7. The fraction of sp³-hybridized carbons (Fsp3) is 0.560. The molecule has 1 amide bonds. The molecule has 0 atom stereocenters. The Labute approximate surface area is 210 Å². The van der Waals surface area contributed by atoms with Crippen molar-refractivity contribution in [2.45, 2.75) is 54.4 Å². The van der Waals surface area contributed by atoms with Crippen molar-refractivity contribution in [3.63, 3.8) is 0 Å². The quantitative estimate of drug-likeness (QED) is 0.0832. The van der Waals surface area contributed by atoms with Gasteiger partial charge in [-0.1, -0.05) is 66.0 Å². The molecule has 0 saturated carbocycles. The maximum atomic E-state index is 11.2. The first-order chi connectivity index (χ1) is 15.9. The molecule has 0 unspecified atom stereocenters. The smallest absolute Gasteiger partial charge is 0.211 e. The number of nitrogens with zero attached hydrogens (tertiary/aromatic N) is 2. The third kappa shape index (κ3) is 39.9. The summed E-state index contributed by atoms with van der Waals surface area (Å²) >= 11 is 0. The highest BCUT2D eigenvalue weighted by molar-refractivity contribution is 7.88. The Morgan fingerprint density at radius 1 is 1.06 bits per heavy atom. The number of sulfonamides is 1. The van der Waals surface area contributed by atoms with E-state index in [1.165, 1.54) is 23.2 Å². The monoisotopic (exact) mass is 504 g/mol. The standard InChI is InChI=1S/C11H22N2O2S.C5H8O.C4H8N2O.C3H8.C2H6/c1-6-8-11(3)13(7-2)10-9-12(4)16(5,14)15;1-3-4-5(2)6;1-2-5-3-6-4-7;1-3-2;1-2/h6,8H,3,7,9-10H2,1-2,4-5H3;3,6H,1-2,4H2;2,4-5H,1,3H2,(H,6,7);3H2,1-2H3;1-2H3/b8-6-;;;;. The Morgan fingerprint density at radius 2 is 1.56 bits per heavy atom. The lowest BCUT2D eigenvalue weighted by atomic mass is 10.3. The lowest BCUT2D eigenvalue weighted by Crippen LogP contribution is -2.35. The number of aliphatic hydroxyl groups is 1. The number of likely N-dealkylation sites (N-methyl/N-ethyl adjacent to an activating group) is 2. The van der Waals surface area contributed by atoms with Gasteiger partial charge in [0.1, 0.15) is 0 Å². The Morgan fingerprint density at radius 3 is 1.82 bits per heavy atom. The van der Waals surface area contributed by atoms with Gasteiger partial charge < -0.3 is 20.6 Å². The van der Waals surface area contributed by atoms with E-state index in [-0.39, 0.29) is 5.76 Å². The van der Waals surface area contributed by atoms with Crippen LogP contribution in [0.4, 0.5) is 0 Å². The van der Waals surface area contributed by atoms with Crippen molar-refractivity contribution in [2.75, 3.05) is 39.6 Å². The minimum atomic E-state index is -3.09. The van der Waals surface area contributed by atoms with Gasteiger partial charge in [-0.15, -0.1) is 6.58 Å². The van der Waals surface area contributed by atoms with Gasteiger partial charge in [-0.25, -0.2) is 12.7 Å². The second-order valence-corrected chi connectivity index (χ2v) is 8.42. The molecule has 3 N–H and O–H groups in total. The molecule has 0 aromatic heterocycles. The number of rotatable bonds is 13. The lowest BCUT2D eigenvalue weighted by Gasteiger charge is -2.25. The predicted molar refractivity (Wildman–Crippen MR) is 150 cm³/mol. The summed E-state index contributed by atoms with van der Waals surface area (Å²) in [5.41, 5.74) is 0.909. The van der Waals surface area contributed by atoms with Crippen molar-refractivity contribution in [1.29, 1.82) is 0 Å². The number of hydrogen-bond acceptors (Lipinski definition) is 6. The van der Waals surface area contributed by atoms with Gasteiger partial charge >= 0.3 is 0 Å². The summed E-state index contributed by atoms with van der Waals surface area (Å²) < 4.78 is 23.7. The van der Waals surface area contributed by atoms with E-state index in [0.29, 0.717) is 32.6 Å². The summed E-state index contributed by atoms with van der Waals surface area (Å²) in [6.07, 6.45) is 10.5. The Kier molecular flexibility index (Phi) is 40.1. The van der Waals surface area contributed by atoms with E-state index in [9.17, 15) is 13.2 Å². The zero-order valence-electron chi connectivity index (χ0n) is 22.9. The van der Waals surface area contributed by atoms with Gasteiger partial charge in [0.15, 0.2) is 0 Å². The third-order valence-electron chi connectivity index (χ3n) is 3.21. The fourth-order valence-electron chi connectivity index (χ4n) is 1.57. The summed E-state index contributed by atoms with van der Waals surface area (Å²) in [6.45, 7) is 28.5. The molecular formula is C25H52N4O4S. The largest absolute Gasteiger partial charge is 0.513 e. The molecular weight excluding hydrogens is 452 g/mol. The van der Waals surface area contributed by atoms with Gasteiger partial charge in [-0.05, 0) is 26.1 Å². The third-order valence-corrected chi connectivity index (χ3v) is 4.52. The SMILES string of the molecule is C=C(/C=C\C)N(CC)CCN(C)S(C)(=O)=O.C=CCC(=C)O.C=CNCNC=O.CC.CCC. The highest BCUT2D eigenvalue weighted by Gasteiger charge is 2.12. The maximum absolute atomic E-state index is 11.2. The highest BCUT2D eigenvalue weighted by Crippen LogP contribution is 2.04. The van der Waals surface area contributed by atoms with E-state index in [0.717, 1.165) is 12.2 Å². The van der Waals surface area contributed by atoms with Crippen molar-refractivity contribution in [1.82, 2.24) is 19.8 Å². The van der Waals surface area contributed by atoms with Crippen LogP contribution in [-0.2, 0) is 14.8 Å². The molecule has 0 bridgehead atoms. The number of aliphatic hydroxyl groups excluding tert-OH is 1. The van der Waals surface area contributed by atoms with Gasteiger partial charge in [-0.3, -0.25) is 4.79 Å². The molecule has 0 aliphatic rings. The van der Waals surface area contributed by atoms with Crippen molar-refractivity contribution < 1.29 is 18.3 Å². The summed E-state index contributed by atoms with van der Waals surface area (Å²) in [5.74, 6) is 0.171. The minimum absolute atomic E-state index is 0.171. The van der Waals surface area contributed by atoms with Crippen LogP contribution in [0, 0.1) is 0 Å². The van der Waals surface area contributed by atoms with Crippen molar-refractivity contribution in [2.24, 2.45) is 0 Å². The van der Waals surface area contributed by atoms with Crippen LogP contribution in [0.1, 0.15) is 54.4 Å². The molecule has 0 aromatic rings. The molecule has 0 rings (SSSR count). The van der Waals surface area contributed by atoms with Gasteiger partial charge in [-0.2, -0.15) is 0 Å². The molecule has 34 heavy (non-hydrogen) atoms. The summed E-state index contributed by atoms with van der Waals surface area (Å²) in [5, 5.41) is 13.3. The van der Waals surface area contributed by atoms with E-state index >= 15 is 0 Å². The lowest BCUT2D eigenvalue weighted by molar-refractivity contribution is -0.109. The maximum Gasteiger partial charge on any atom is 0.211 e. The number of allylic oxidation sites excluding steroid dienone is 3. The van der Waals surface area contributed by atoms with Crippen LogP contribution < -0.4 is 10.6 Å². The molecule has 9 heteroatoms. The number of hydrogen-bond donors (Lipinski definition) is 3. The zero-order valence-corrected chi connectivity index (χ0v) is 23.7. The van der Waals surface area contributed by atoms with Crippen LogP contribution in [0.25, 0.3) is 0 Å². The molecule has 0 spiro atoms. The summed E-state index contributed by atoms with van der Waals surface area (Å²) in [4.78, 5) is 11.5. The molecule has 0 aliphatic carbocycles. The average molecular weight is 505 g/mol. The van der Waals surface area contributed by atoms with Crippen LogP contribution in [-0.4, -0.2) is 68.7 Å². The normalized spacial score (nSPS) is 9.21. The van der Waals surface area contributed by atoms with Gasteiger partial charge in [0.25, 0.3) is 0 Å². The molecule has 0 fully saturated rings. The molecule has 0 aromatic carbocycles. The molecule has 202 valence electrons. The van der Waals surface area contributed by atoms with E-state index in [1.807, 2.05) is 44.7 Å². The topological polar surface area (TPSA) is 102 Å². The molecule has 0 saturated heterocycles. The second kappa shape index (κ2) is 32.7. The number of amides is 1. The first-order valence-electron chi connectivity index (χ1n) is 11.4. The Hall–Kier alpha value is -2.52. The van der Waals surface area contributed by atoms with Crippen molar-refractivity contribution >= 4 is 16.4 Å². The number of carbonyl (C=O) groups excluding carboxylic acids is 1. The molecule has 0 aliphatic heterocycles. The van der Waals surface area contributed by atoms with E-state index in [4.69, 9.17) is 5.11 Å². The minimum Gasteiger partial charge on any atom is -0.513 e. The van der Waals surface area contributed by atoms with E-state index in [2.05, 4.69) is 50.8 Å². The average Bonchev–Trinajstić information content (AvgIpc) is 2.77. The molecule has 8 nitrogen and oxygen atoms in total. The van der Waals surface area contributed by atoms with Crippen molar-refractivity contribution in [3.05, 3.63) is 62.2 Å². The summed E-state index contributed by atoms with van der Waals surface area (Å²) in [6, 6.07) is 0. The van der Waals surface area contributed by atoms with Crippen LogP contribution >= 0.6 is 0 Å². The van der Waals surface area contributed by atoms with Crippen molar-refractivity contribution in [3.8, 4) is 0 Å². The Balaban J connectivity index is -0.000000129. The molecule has 0 heterocycles. The van der Waals surface area contributed by atoms with Gasteiger partial charge in [0, 0.05) is 38.8 Å². The van der Waals surface area contributed by atoms with Crippen LogP contribution in [0.2, 0.25) is 0 Å². The number of carbonyl (C=O) groups is 1. The highest BCUT2D eigenvalue weighted by atomic mass is 32.2. The summed E-state index contributed by atoms with van der Waals surface area (Å²) in [7, 11) is -1.50. The van der Waals surface area contributed by atoms with Gasteiger partial charge in [0.05, 0.1) is 18.7 Å². The van der Waals surface area contributed by atoms with Crippen LogP contribution in [0.3, 0.4) is 0 Å². The van der Waals surface area contributed by atoms with Crippen LogP contribution in [0.5, 0.6) is 0 Å². The van der Waals surface area contributed by atoms with E-state index in [1.54, 1.807) is 13.1 Å². The zero-order chi connectivity index (χ0) is 28.0. The van der Waals surface area contributed by atoms with Gasteiger partial charge in [0.2, 0.25) is 16.4 Å². The second-order valence-electron chi connectivity index (χ2n) is 6.33. The Bertz CT molecular complexity index is 625. The predicted octanol–water partition coefficient (Wildman–Crippen LogP) is 4.79. The van der Waals surface area contributed by atoms with Crippen LogP contribution in [0.15, 0.2) is 62.2 Å². The number of nitrogens with one attached hydrogen (secondary N) is 2. The fourth-order valence-corrected chi connectivity index (χ4v) is 1.98.